The topological polar surface area (TPSA) is 91.8 Å². The fraction of sp³-hybridized carbons (Fsp3) is 0.481. The molecule has 0 bridgehead atoms. The number of nitrogens with zero attached hydrogens (tertiary/aromatic N) is 3. The number of anilines is 2. The number of para-hydroxylation sites is 1. The maximum absolute atomic E-state index is 13.7. The van der Waals surface area contributed by atoms with Crippen molar-refractivity contribution in [2.24, 2.45) is 0 Å². The molecule has 4 amide bonds. The highest BCUT2D eigenvalue weighted by Gasteiger charge is 2.58. The molecule has 8 nitrogen and oxygen atoms in total. The number of ether oxygens (including phenoxy) is 1. The first-order valence-electron chi connectivity index (χ1n) is 12.2. The molecule has 0 atom stereocenters. The van der Waals surface area contributed by atoms with E-state index in [9.17, 15) is 14.4 Å². The standard InChI is InChI=1S/C27H34N4O4/c1-17(2)21-7-6-8-22(18(3)4)24(21)29-23(32)16-30-25(33)27(11-13-35-14-12-27)31(26(30)34)20-10-9-19(5)28-15-20/h6-10,15,17-18H,11-14,16H2,1-5H3,(H,29,32). The van der Waals surface area contributed by atoms with E-state index in [-0.39, 0.29) is 24.3 Å². The fourth-order valence-electron chi connectivity index (χ4n) is 4.99. The molecule has 186 valence electrons. The SMILES string of the molecule is Cc1ccc(N2C(=O)N(CC(=O)Nc3c(C(C)C)cccc3C(C)C)C(=O)C23CCOCC3)cn1. The number of carbonyl (C=O) groups excluding carboxylic acids is 3. The Morgan fingerprint density at radius 1 is 1.06 bits per heavy atom. The van der Waals surface area contributed by atoms with Gasteiger partial charge in [-0.2, -0.15) is 0 Å². The summed E-state index contributed by atoms with van der Waals surface area (Å²) in [5, 5.41) is 3.02. The van der Waals surface area contributed by atoms with Gasteiger partial charge in [0.1, 0.15) is 12.1 Å². The van der Waals surface area contributed by atoms with Gasteiger partial charge < -0.3 is 10.1 Å². The molecule has 0 radical (unpaired) electrons. The van der Waals surface area contributed by atoms with E-state index in [0.29, 0.717) is 31.7 Å². The van der Waals surface area contributed by atoms with E-state index in [4.69, 9.17) is 4.74 Å². The summed E-state index contributed by atoms with van der Waals surface area (Å²) in [6.45, 7) is 10.6. The van der Waals surface area contributed by atoms with E-state index in [0.717, 1.165) is 27.4 Å². The van der Waals surface area contributed by atoms with E-state index in [1.807, 2.05) is 31.2 Å². The number of hydrogen-bond acceptors (Lipinski definition) is 5. The third kappa shape index (κ3) is 4.55. The van der Waals surface area contributed by atoms with Crippen LogP contribution in [0.5, 0.6) is 0 Å². The van der Waals surface area contributed by atoms with Crippen molar-refractivity contribution in [3.63, 3.8) is 0 Å². The van der Waals surface area contributed by atoms with Gasteiger partial charge in [-0.25, -0.2) is 4.79 Å². The molecule has 1 aromatic heterocycles. The monoisotopic (exact) mass is 478 g/mol. The van der Waals surface area contributed by atoms with Gasteiger partial charge in [0, 0.05) is 37.4 Å². The number of imide groups is 1. The average Bonchev–Trinajstić information content (AvgIpc) is 3.01. The third-order valence-electron chi connectivity index (χ3n) is 6.91. The zero-order chi connectivity index (χ0) is 25.3. The highest BCUT2D eigenvalue weighted by atomic mass is 16.5. The van der Waals surface area contributed by atoms with Crippen LogP contribution < -0.4 is 10.2 Å². The molecule has 2 aliphatic heterocycles. The Hall–Kier alpha value is -3.26. The molecule has 2 fully saturated rings. The lowest BCUT2D eigenvalue weighted by Crippen LogP contribution is -2.53. The number of aryl methyl sites for hydroxylation is 1. The number of urea groups is 1. The zero-order valence-corrected chi connectivity index (χ0v) is 21.1. The van der Waals surface area contributed by atoms with Crippen molar-refractivity contribution in [1.82, 2.24) is 9.88 Å². The lowest BCUT2D eigenvalue weighted by molar-refractivity contribution is -0.136. The summed E-state index contributed by atoms with van der Waals surface area (Å²) >= 11 is 0. The van der Waals surface area contributed by atoms with Crippen LogP contribution in [0, 0.1) is 6.92 Å². The van der Waals surface area contributed by atoms with Gasteiger partial charge in [-0.3, -0.25) is 24.4 Å². The van der Waals surface area contributed by atoms with E-state index >= 15 is 0 Å². The van der Waals surface area contributed by atoms with E-state index in [1.165, 1.54) is 4.90 Å². The van der Waals surface area contributed by atoms with E-state index in [2.05, 4.69) is 38.0 Å². The molecular formula is C27H34N4O4. The van der Waals surface area contributed by atoms with Crippen molar-refractivity contribution in [2.45, 2.75) is 64.8 Å². The second kappa shape index (κ2) is 9.77. The smallest absolute Gasteiger partial charge is 0.332 e. The minimum absolute atomic E-state index is 0.203. The predicted octanol–water partition coefficient (Wildman–Crippen LogP) is 4.59. The molecule has 2 saturated heterocycles. The molecule has 4 rings (SSSR count). The first-order chi connectivity index (χ1) is 16.7. The number of aromatic nitrogens is 1. The zero-order valence-electron chi connectivity index (χ0n) is 21.1. The largest absolute Gasteiger partial charge is 0.381 e. The summed E-state index contributed by atoms with van der Waals surface area (Å²) in [5.74, 6) is -0.348. The Balaban J connectivity index is 1.64. The van der Waals surface area contributed by atoms with Crippen molar-refractivity contribution in [3.8, 4) is 0 Å². The lowest BCUT2D eigenvalue weighted by Gasteiger charge is -2.37. The Labute approximate surface area is 206 Å². The third-order valence-corrected chi connectivity index (χ3v) is 6.91. The summed E-state index contributed by atoms with van der Waals surface area (Å²) in [5.41, 5.74) is 3.11. The second-order valence-corrected chi connectivity index (χ2v) is 9.98. The molecule has 0 unspecified atom stereocenters. The van der Waals surface area contributed by atoms with Crippen LogP contribution >= 0.6 is 0 Å². The first kappa shape index (κ1) is 24.9. The fourth-order valence-corrected chi connectivity index (χ4v) is 4.99. The number of amides is 4. The molecule has 1 aromatic carbocycles. The Morgan fingerprint density at radius 3 is 2.23 bits per heavy atom. The van der Waals surface area contributed by atoms with Crippen LogP contribution in [0.15, 0.2) is 36.5 Å². The van der Waals surface area contributed by atoms with Crippen LogP contribution in [0.3, 0.4) is 0 Å². The molecular weight excluding hydrogens is 444 g/mol. The van der Waals surface area contributed by atoms with Crippen LogP contribution in [0.25, 0.3) is 0 Å². The first-order valence-corrected chi connectivity index (χ1v) is 12.2. The Bertz CT molecular complexity index is 1090. The maximum Gasteiger partial charge on any atom is 0.332 e. The molecule has 2 aromatic rings. The molecule has 35 heavy (non-hydrogen) atoms. The molecule has 8 heteroatoms. The van der Waals surface area contributed by atoms with Crippen LogP contribution in [0.1, 0.15) is 69.2 Å². The van der Waals surface area contributed by atoms with Gasteiger partial charge in [-0.1, -0.05) is 45.9 Å². The number of benzene rings is 1. The van der Waals surface area contributed by atoms with E-state index in [1.54, 1.807) is 12.3 Å². The molecule has 1 spiro atoms. The van der Waals surface area contributed by atoms with Gasteiger partial charge in [-0.15, -0.1) is 0 Å². The van der Waals surface area contributed by atoms with E-state index < -0.39 is 17.5 Å². The molecule has 1 N–H and O–H groups in total. The summed E-state index contributed by atoms with van der Waals surface area (Å²) < 4.78 is 5.51. The van der Waals surface area contributed by atoms with Crippen LogP contribution in [0.4, 0.5) is 16.2 Å². The summed E-state index contributed by atoms with van der Waals surface area (Å²) in [4.78, 5) is 47.5. The minimum Gasteiger partial charge on any atom is -0.381 e. The van der Waals surface area contributed by atoms with Crippen LogP contribution in [-0.4, -0.2) is 53.0 Å². The lowest BCUT2D eigenvalue weighted by atomic mass is 9.88. The van der Waals surface area contributed by atoms with Gasteiger partial charge in [0.05, 0.1) is 11.9 Å². The molecule has 2 aliphatic rings. The van der Waals surface area contributed by atoms with Gasteiger partial charge in [-0.05, 0) is 42.0 Å². The molecule has 0 aliphatic carbocycles. The number of nitrogens with one attached hydrogen (secondary N) is 1. The molecule has 0 saturated carbocycles. The summed E-state index contributed by atoms with van der Waals surface area (Å²) in [6, 6.07) is 9.10. The number of carbonyl (C=O) groups is 3. The van der Waals surface area contributed by atoms with Crippen molar-refractivity contribution < 1.29 is 19.1 Å². The highest BCUT2D eigenvalue weighted by molar-refractivity contribution is 6.18. The minimum atomic E-state index is -1.06. The predicted molar refractivity (Wildman–Crippen MR) is 135 cm³/mol. The Kier molecular flexibility index (Phi) is 6.94. The second-order valence-electron chi connectivity index (χ2n) is 9.98. The normalized spacial score (nSPS) is 17.7. The molecule has 3 heterocycles. The number of rotatable bonds is 6. The van der Waals surface area contributed by atoms with Gasteiger partial charge >= 0.3 is 6.03 Å². The quantitative estimate of drug-likeness (QED) is 0.613. The maximum atomic E-state index is 13.7. The van der Waals surface area contributed by atoms with Crippen molar-refractivity contribution in [1.29, 1.82) is 0 Å². The summed E-state index contributed by atoms with van der Waals surface area (Å²) in [7, 11) is 0. The van der Waals surface area contributed by atoms with Crippen LogP contribution in [0.2, 0.25) is 0 Å². The van der Waals surface area contributed by atoms with Gasteiger partial charge in [0.2, 0.25) is 5.91 Å². The highest BCUT2D eigenvalue weighted by Crippen LogP contribution is 2.40. The number of pyridine rings is 1. The van der Waals surface area contributed by atoms with Gasteiger partial charge in [0.15, 0.2) is 0 Å². The van der Waals surface area contributed by atoms with Crippen molar-refractivity contribution >= 4 is 29.2 Å². The van der Waals surface area contributed by atoms with Crippen molar-refractivity contribution in [2.75, 3.05) is 30.0 Å². The van der Waals surface area contributed by atoms with Gasteiger partial charge in [0.25, 0.3) is 5.91 Å². The van der Waals surface area contributed by atoms with Crippen LogP contribution in [-0.2, 0) is 14.3 Å². The average molecular weight is 479 g/mol. The Morgan fingerprint density at radius 2 is 1.69 bits per heavy atom. The summed E-state index contributed by atoms with van der Waals surface area (Å²) in [6.07, 6.45) is 2.35. The van der Waals surface area contributed by atoms with Crippen molar-refractivity contribution in [3.05, 3.63) is 53.3 Å². The number of hydrogen-bond donors (Lipinski definition) is 1.